The van der Waals surface area contributed by atoms with Gasteiger partial charge in [-0.05, 0) is 61.9 Å². The fourth-order valence-electron chi connectivity index (χ4n) is 3.67. The van der Waals surface area contributed by atoms with E-state index >= 15 is 0 Å². The van der Waals surface area contributed by atoms with E-state index in [0.29, 0.717) is 6.54 Å². The summed E-state index contributed by atoms with van der Waals surface area (Å²) < 4.78 is 0. The number of nitrogens with zero attached hydrogens (tertiary/aromatic N) is 2. The topological polar surface area (TPSA) is 56.7 Å². The van der Waals surface area contributed by atoms with Gasteiger partial charge in [0.1, 0.15) is 0 Å². The quantitative estimate of drug-likeness (QED) is 0.601. The van der Waals surface area contributed by atoms with Crippen molar-refractivity contribution in [3.05, 3.63) is 70.3 Å². The fraction of sp³-hybridized carbons (Fsp3) is 0.417. The highest BCUT2D eigenvalue weighted by Gasteiger charge is 2.17. The summed E-state index contributed by atoms with van der Waals surface area (Å²) in [5, 5.41) is 6.71. The first-order valence-electron chi connectivity index (χ1n) is 10.5. The Morgan fingerprint density at radius 1 is 0.966 bits per heavy atom. The molecule has 1 aliphatic rings. The molecule has 0 radical (unpaired) electrons. The lowest BCUT2D eigenvalue weighted by molar-refractivity contribution is 0.0724. The average Bonchev–Trinajstić information content (AvgIpc) is 2.75. The molecule has 0 spiro atoms. The third-order valence-electron chi connectivity index (χ3n) is 5.47. The van der Waals surface area contributed by atoms with Gasteiger partial charge in [0.2, 0.25) is 0 Å². The molecule has 5 nitrogen and oxygen atoms in total. The number of nitrogens with one attached hydrogen (secondary N) is 2. The van der Waals surface area contributed by atoms with Gasteiger partial charge < -0.3 is 15.5 Å². The number of aryl methyl sites for hydroxylation is 2. The van der Waals surface area contributed by atoms with Crippen molar-refractivity contribution in [2.45, 2.75) is 46.2 Å². The maximum Gasteiger partial charge on any atom is 0.253 e. The zero-order valence-corrected chi connectivity index (χ0v) is 17.8. The van der Waals surface area contributed by atoms with Gasteiger partial charge in [-0.1, -0.05) is 35.9 Å². The number of carbonyl (C=O) groups excluding carboxylic acids is 1. The van der Waals surface area contributed by atoms with Crippen molar-refractivity contribution in [1.29, 1.82) is 0 Å². The Bertz CT molecular complexity index is 852. The first-order chi connectivity index (χ1) is 14.1. The van der Waals surface area contributed by atoms with Crippen molar-refractivity contribution in [1.82, 2.24) is 15.5 Å². The predicted molar refractivity (Wildman–Crippen MR) is 119 cm³/mol. The zero-order chi connectivity index (χ0) is 20.6. The second-order valence-electron chi connectivity index (χ2n) is 7.76. The molecule has 2 aromatic carbocycles. The summed E-state index contributed by atoms with van der Waals surface area (Å²) in [4.78, 5) is 18.8. The van der Waals surface area contributed by atoms with Crippen LogP contribution in [0.15, 0.2) is 47.5 Å². The van der Waals surface area contributed by atoms with Crippen LogP contribution in [0.3, 0.4) is 0 Å². The van der Waals surface area contributed by atoms with Crippen LogP contribution in [0.1, 0.15) is 51.9 Å². The summed E-state index contributed by atoms with van der Waals surface area (Å²) in [6, 6.07) is 14.4. The molecule has 5 heteroatoms. The van der Waals surface area contributed by atoms with Crippen molar-refractivity contribution < 1.29 is 4.79 Å². The molecule has 1 amide bonds. The lowest BCUT2D eigenvalue weighted by atomic mass is 10.1. The summed E-state index contributed by atoms with van der Waals surface area (Å²) in [7, 11) is 1.78. The van der Waals surface area contributed by atoms with Crippen LogP contribution < -0.4 is 10.6 Å². The third-order valence-corrected chi connectivity index (χ3v) is 5.47. The zero-order valence-electron chi connectivity index (χ0n) is 17.8. The SMILES string of the molecule is CN=C(NCc1ccc(C(=O)N2CCCCC2)cc1)NCc1ccc(C)cc1C. The first kappa shape index (κ1) is 20.9. The van der Waals surface area contributed by atoms with Crippen molar-refractivity contribution >= 4 is 11.9 Å². The molecule has 0 atom stereocenters. The molecule has 0 aromatic heterocycles. The third kappa shape index (κ3) is 5.83. The Morgan fingerprint density at radius 2 is 1.66 bits per heavy atom. The van der Waals surface area contributed by atoms with Gasteiger partial charge in [-0.15, -0.1) is 0 Å². The normalized spacial score (nSPS) is 14.6. The summed E-state index contributed by atoms with van der Waals surface area (Å²) in [5.41, 5.74) is 5.71. The average molecular weight is 393 g/mol. The van der Waals surface area contributed by atoms with Gasteiger partial charge >= 0.3 is 0 Å². The van der Waals surface area contributed by atoms with E-state index in [4.69, 9.17) is 0 Å². The van der Waals surface area contributed by atoms with Crippen LogP contribution >= 0.6 is 0 Å². The standard InChI is InChI=1S/C24H32N4O/c1-18-7-10-22(19(2)15-18)17-27-24(25-3)26-16-20-8-11-21(12-9-20)23(29)28-13-5-4-6-14-28/h7-12,15H,4-6,13-14,16-17H2,1-3H3,(H2,25,26,27). The van der Waals surface area contributed by atoms with E-state index in [0.717, 1.165) is 49.6 Å². The van der Waals surface area contributed by atoms with Gasteiger partial charge in [-0.25, -0.2) is 0 Å². The van der Waals surface area contributed by atoms with Crippen molar-refractivity contribution in [2.75, 3.05) is 20.1 Å². The second kappa shape index (κ2) is 10.1. The minimum atomic E-state index is 0.148. The van der Waals surface area contributed by atoms with Gasteiger partial charge in [0.25, 0.3) is 5.91 Å². The van der Waals surface area contributed by atoms with E-state index in [9.17, 15) is 4.79 Å². The monoisotopic (exact) mass is 392 g/mol. The van der Waals surface area contributed by atoms with Gasteiger partial charge in [0, 0.05) is 38.8 Å². The first-order valence-corrected chi connectivity index (χ1v) is 10.5. The minimum Gasteiger partial charge on any atom is -0.352 e. The molecule has 29 heavy (non-hydrogen) atoms. The summed E-state index contributed by atoms with van der Waals surface area (Å²) >= 11 is 0. The Hall–Kier alpha value is -2.82. The smallest absolute Gasteiger partial charge is 0.253 e. The summed E-state index contributed by atoms with van der Waals surface area (Å²) in [6.45, 7) is 7.39. The number of amides is 1. The highest BCUT2D eigenvalue weighted by molar-refractivity contribution is 5.94. The van der Waals surface area contributed by atoms with Gasteiger partial charge in [-0.3, -0.25) is 9.79 Å². The van der Waals surface area contributed by atoms with E-state index in [1.54, 1.807) is 7.05 Å². The Balaban J connectivity index is 1.51. The Morgan fingerprint density at radius 3 is 2.31 bits per heavy atom. The second-order valence-corrected chi connectivity index (χ2v) is 7.76. The number of hydrogen-bond acceptors (Lipinski definition) is 2. The number of hydrogen-bond donors (Lipinski definition) is 2. The highest BCUT2D eigenvalue weighted by atomic mass is 16.2. The van der Waals surface area contributed by atoms with Crippen LogP contribution in [0.2, 0.25) is 0 Å². The van der Waals surface area contributed by atoms with Crippen LogP contribution in [0.5, 0.6) is 0 Å². The maximum atomic E-state index is 12.6. The molecule has 0 aliphatic carbocycles. The van der Waals surface area contributed by atoms with Crippen molar-refractivity contribution in [3.63, 3.8) is 0 Å². The molecule has 1 heterocycles. The molecule has 3 rings (SSSR count). The summed E-state index contributed by atoms with van der Waals surface area (Å²) in [5.74, 6) is 0.911. The molecule has 0 unspecified atom stereocenters. The molecule has 1 fully saturated rings. The number of piperidine rings is 1. The van der Waals surface area contributed by atoms with E-state index in [2.05, 4.69) is 47.7 Å². The largest absolute Gasteiger partial charge is 0.352 e. The van der Waals surface area contributed by atoms with Gasteiger partial charge in [0.15, 0.2) is 5.96 Å². The number of carbonyl (C=O) groups is 1. The van der Waals surface area contributed by atoms with Crippen molar-refractivity contribution in [2.24, 2.45) is 4.99 Å². The molecule has 1 aliphatic heterocycles. The molecule has 154 valence electrons. The van der Waals surface area contributed by atoms with Crippen LogP contribution in [-0.4, -0.2) is 36.9 Å². The van der Waals surface area contributed by atoms with E-state index in [1.807, 2.05) is 29.2 Å². The Kier molecular flexibility index (Phi) is 7.28. The van der Waals surface area contributed by atoms with Crippen LogP contribution in [0.4, 0.5) is 0 Å². The van der Waals surface area contributed by atoms with Crippen LogP contribution in [-0.2, 0) is 13.1 Å². The fourth-order valence-corrected chi connectivity index (χ4v) is 3.67. The Labute approximate surface area is 174 Å². The van der Waals surface area contributed by atoms with Gasteiger partial charge in [0.05, 0.1) is 0 Å². The van der Waals surface area contributed by atoms with E-state index in [-0.39, 0.29) is 5.91 Å². The molecule has 2 aromatic rings. The molecule has 2 N–H and O–H groups in total. The van der Waals surface area contributed by atoms with Crippen LogP contribution in [0.25, 0.3) is 0 Å². The minimum absolute atomic E-state index is 0.148. The maximum absolute atomic E-state index is 12.6. The number of guanidine groups is 1. The number of aliphatic imine (C=N–C) groups is 1. The number of likely N-dealkylation sites (tertiary alicyclic amines) is 1. The lowest BCUT2D eigenvalue weighted by Crippen LogP contribution is -2.36. The predicted octanol–water partition coefficient (Wildman–Crippen LogP) is 3.79. The van der Waals surface area contributed by atoms with Gasteiger partial charge in [-0.2, -0.15) is 0 Å². The number of benzene rings is 2. The van der Waals surface area contributed by atoms with Crippen LogP contribution in [0, 0.1) is 13.8 Å². The molecule has 1 saturated heterocycles. The molecule has 0 bridgehead atoms. The van der Waals surface area contributed by atoms with E-state index in [1.165, 1.54) is 23.1 Å². The molecular weight excluding hydrogens is 360 g/mol. The number of rotatable bonds is 5. The molecule has 0 saturated carbocycles. The highest BCUT2D eigenvalue weighted by Crippen LogP contribution is 2.14. The lowest BCUT2D eigenvalue weighted by Gasteiger charge is -2.26. The summed E-state index contributed by atoms with van der Waals surface area (Å²) in [6.07, 6.45) is 3.46. The van der Waals surface area contributed by atoms with Crippen molar-refractivity contribution in [3.8, 4) is 0 Å². The van der Waals surface area contributed by atoms with E-state index < -0.39 is 0 Å². The molecular formula is C24H32N4O.